The van der Waals surface area contributed by atoms with Crippen LogP contribution in [0.5, 0.6) is 0 Å². The minimum absolute atomic E-state index is 0.209. The molecule has 0 N–H and O–H groups in total. The molecule has 1 aliphatic carbocycles. The van der Waals surface area contributed by atoms with E-state index in [1.54, 1.807) is 6.26 Å². The van der Waals surface area contributed by atoms with Crippen LogP contribution in [0.25, 0.3) is 10.9 Å². The van der Waals surface area contributed by atoms with Crippen LogP contribution in [-0.2, 0) is 11.3 Å². The summed E-state index contributed by atoms with van der Waals surface area (Å²) in [6.45, 7) is 2.88. The molecular formula is C23H25ClN4O2. The van der Waals surface area contributed by atoms with E-state index in [1.165, 1.54) is 0 Å². The summed E-state index contributed by atoms with van der Waals surface area (Å²) >= 11 is 6.25. The number of anilines is 1. The number of halogens is 1. The second-order valence-electron chi connectivity index (χ2n) is 8.18. The molecule has 1 amide bonds. The van der Waals surface area contributed by atoms with E-state index in [0.29, 0.717) is 30.5 Å². The SMILES string of the molecule is O=C(CCN(Cc1ccco1)c1nc(C2CC2)nc2cc(Cl)ccc12)N1CCCC1. The lowest BCUT2D eigenvalue weighted by molar-refractivity contribution is -0.129. The number of hydrogen-bond acceptors (Lipinski definition) is 5. The van der Waals surface area contributed by atoms with E-state index < -0.39 is 0 Å². The van der Waals surface area contributed by atoms with Crippen molar-refractivity contribution in [2.45, 2.75) is 44.6 Å². The lowest BCUT2D eigenvalue weighted by atomic mass is 10.2. The third-order valence-corrected chi connectivity index (χ3v) is 6.11. The number of carbonyl (C=O) groups is 1. The number of amides is 1. The maximum atomic E-state index is 12.7. The van der Waals surface area contributed by atoms with Gasteiger partial charge in [0.15, 0.2) is 0 Å². The van der Waals surface area contributed by atoms with Gasteiger partial charge in [0.25, 0.3) is 0 Å². The molecule has 156 valence electrons. The predicted octanol–water partition coefficient (Wildman–Crippen LogP) is 4.77. The van der Waals surface area contributed by atoms with Crippen LogP contribution in [0, 0.1) is 0 Å². The molecule has 0 radical (unpaired) electrons. The van der Waals surface area contributed by atoms with E-state index in [1.807, 2.05) is 35.2 Å². The summed E-state index contributed by atoms with van der Waals surface area (Å²) < 4.78 is 5.61. The van der Waals surface area contributed by atoms with Crippen molar-refractivity contribution in [3.05, 3.63) is 53.2 Å². The van der Waals surface area contributed by atoms with Crippen LogP contribution >= 0.6 is 11.6 Å². The molecule has 6 nitrogen and oxygen atoms in total. The Bertz CT molecular complexity index is 1040. The lowest BCUT2D eigenvalue weighted by Crippen LogP contribution is -2.33. The number of hydrogen-bond donors (Lipinski definition) is 0. The Morgan fingerprint density at radius 2 is 2.03 bits per heavy atom. The van der Waals surface area contributed by atoms with Gasteiger partial charge in [-0.3, -0.25) is 4.79 Å². The molecule has 2 aliphatic rings. The zero-order valence-corrected chi connectivity index (χ0v) is 17.6. The molecule has 1 aromatic carbocycles. The van der Waals surface area contributed by atoms with Crippen molar-refractivity contribution in [3.8, 4) is 0 Å². The van der Waals surface area contributed by atoms with Crippen molar-refractivity contribution in [2.75, 3.05) is 24.5 Å². The zero-order valence-electron chi connectivity index (χ0n) is 16.9. The number of benzene rings is 1. The maximum Gasteiger partial charge on any atom is 0.224 e. The fourth-order valence-corrected chi connectivity index (χ4v) is 4.24. The number of rotatable bonds is 7. The van der Waals surface area contributed by atoms with Crippen LogP contribution < -0.4 is 4.90 Å². The fourth-order valence-electron chi connectivity index (χ4n) is 4.07. The topological polar surface area (TPSA) is 62.5 Å². The van der Waals surface area contributed by atoms with E-state index in [2.05, 4.69) is 4.90 Å². The summed E-state index contributed by atoms with van der Waals surface area (Å²) in [5.41, 5.74) is 0.852. The Hall–Kier alpha value is -2.60. The van der Waals surface area contributed by atoms with Crippen LogP contribution in [0.4, 0.5) is 5.82 Å². The van der Waals surface area contributed by atoms with Gasteiger partial charge < -0.3 is 14.2 Å². The molecule has 0 atom stereocenters. The standard InChI is InChI=1S/C23H25ClN4O2/c24-17-7-8-19-20(14-17)25-22(16-5-6-16)26-23(19)28(15-18-4-3-13-30-18)12-9-21(29)27-10-1-2-11-27/h3-4,7-8,13-14,16H,1-2,5-6,9-12,15H2. The number of likely N-dealkylation sites (tertiary alicyclic amines) is 1. The van der Waals surface area contributed by atoms with Crippen LogP contribution in [-0.4, -0.2) is 40.4 Å². The van der Waals surface area contributed by atoms with Crippen molar-refractivity contribution in [1.82, 2.24) is 14.9 Å². The molecule has 0 bridgehead atoms. The normalized spacial score (nSPS) is 16.4. The second kappa shape index (κ2) is 8.26. The van der Waals surface area contributed by atoms with E-state index in [4.69, 9.17) is 26.0 Å². The van der Waals surface area contributed by atoms with Gasteiger partial charge >= 0.3 is 0 Å². The van der Waals surface area contributed by atoms with Gasteiger partial charge in [-0.1, -0.05) is 11.6 Å². The quantitative estimate of drug-likeness (QED) is 0.546. The zero-order chi connectivity index (χ0) is 20.5. The van der Waals surface area contributed by atoms with Crippen molar-refractivity contribution < 1.29 is 9.21 Å². The van der Waals surface area contributed by atoms with Crippen molar-refractivity contribution in [3.63, 3.8) is 0 Å². The largest absolute Gasteiger partial charge is 0.467 e. The molecule has 1 aliphatic heterocycles. The van der Waals surface area contributed by atoms with Crippen molar-refractivity contribution >= 4 is 34.2 Å². The summed E-state index contributed by atoms with van der Waals surface area (Å²) in [5.74, 6) is 3.20. The van der Waals surface area contributed by atoms with Gasteiger partial charge in [-0.2, -0.15) is 0 Å². The smallest absolute Gasteiger partial charge is 0.224 e. The lowest BCUT2D eigenvalue weighted by Gasteiger charge is -2.25. The summed E-state index contributed by atoms with van der Waals surface area (Å²) in [6.07, 6.45) is 6.58. The van der Waals surface area contributed by atoms with Gasteiger partial charge in [0.05, 0.1) is 18.3 Å². The molecule has 30 heavy (non-hydrogen) atoms. The Labute approximate surface area is 180 Å². The fraction of sp³-hybridized carbons (Fsp3) is 0.435. The van der Waals surface area contributed by atoms with Crippen LogP contribution in [0.2, 0.25) is 5.02 Å². The number of carbonyl (C=O) groups excluding carboxylic acids is 1. The number of furan rings is 1. The average Bonchev–Trinajstić information content (AvgIpc) is 3.22. The Balaban J connectivity index is 1.49. The molecule has 3 aromatic rings. The van der Waals surface area contributed by atoms with Crippen molar-refractivity contribution in [1.29, 1.82) is 0 Å². The first kappa shape index (κ1) is 19.4. The third-order valence-electron chi connectivity index (χ3n) is 5.88. The number of fused-ring (bicyclic) bond motifs is 1. The minimum Gasteiger partial charge on any atom is -0.467 e. The molecule has 0 unspecified atom stereocenters. The van der Waals surface area contributed by atoms with Gasteiger partial charge in [-0.15, -0.1) is 0 Å². The minimum atomic E-state index is 0.209. The van der Waals surface area contributed by atoms with Gasteiger partial charge in [0, 0.05) is 42.4 Å². The highest BCUT2D eigenvalue weighted by atomic mass is 35.5. The summed E-state index contributed by atoms with van der Waals surface area (Å²) in [5, 5.41) is 1.61. The average molecular weight is 425 g/mol. The summed E-state index contributed by atoms with van der Waals surface area (Å²) in [6, 6.07) is 9.58. The molecule has 1 saturated carbocycles. The van der Waals surface area contributed by atoms with Gasteiger partial charge in [0.2, 0.25) is 5.91 Å². The molecule has 2 fully saturated rings. The number of nitrogens with zero attached hydrogens (tertiary/aromatic N) is 4. The first-order valence-corrected chi connectivity index (χ1v) is 11.1. The maximum absolute atomic E-state index is 12.7. The Morgan fingerprint density at radius 3 is 2.77 bits per heavy atom. The molecule has 5 rings (SSSR count). The monoisotopic (exact) mass is 424 g/mol. The van der Waals surface area contributed by atoms with E-state index in [-0.39, 0.29) is 5.91 Å². The molecule has 3 heterocycles. The molecule has 1 saturated heterocycles. The summed E-state index contributed by atoms with van der Waals surface area (Å²) in [7, 11) is 0. The van der Waals surface area contributed by atoms with Crippen molar-refractivity contribution in [2.24, 2.45) is 0 Å². The first-order valence-electron chi connectivity index (χ1n) is 10.7. The van der Waals surface area contributed by atoms with E-state index >= 15 is 0 Å². The van der Waals surface area contributed by atoms with E-state index in [9.17, 15) is 4.79 Å². The molecular weight excluding hydrogens is 400 g/mol. The molecule has 0 spiro atoms. The van der Waals surface area contributed by atoms with Crippen LogP contribution in [0.1, 0.15) is 49.6 Å². The predicted molar refractivity (Wildman–Crippen MR) is 117 cm³/mol. The van der Waals surface area contributed by atoms with Gasteiger partial charge in [0.1, 0.15) is 17.4 Å². The Morgan fingerprint density at radius 1 is 1.20 bits per heavy atom. The highest BCUT2D eigenvalue weighted by molar-refractivity contribution is 6.31. The van der Waals surface area contributed by atoms with Gasteiger partial charge in [-0.05, 0) is 56.0 Å². The highest BCUT2D eigenvalue weighted by Crippen LogP contribution is 2.40. The number of aromatic nitrogens is 2. The molecule has 7 heteroatoms. The van der Waals surface area contributed by atoms with Crippen LogP contribution in [0.3, 0.4) is 0 Å². The van der Waals surface area contributed by atoms with E-state index in [0.717, 1.165) is 67.1 Å². The van der Waals surface area contributed by atoms with Gasteiger partial charge in [-0.25, -0.2) is 9.97 Å². The third kappa shape index (κ3) is 4.15. The summed E-state index contributed by atoms with van der Waals surface area (Å²) in [4.78, 5) is 26.6. The molecule has 2 aromatic heterocycles. The Kier molecular flexibility index (Phi) is 5.34. The first-order chi connectivity index (χ1) is 14.7. The highest BCUT2D eigenvalue weighted by Gasteiger charge is 2.29. The van der Waals surface area contributed by atoms with Crippen LogP contribution in [0.15, 0.2) is 41.0 Å². The second-order valence-corrected chi connectivity index (χ2v) is 8.62.